The predicted octanol–water partition coefficient (Wildman–Crippen LogP) is 5.32. The summed E-state index contributed by atoms with van der Waals surface area (Å²) < 4.78 is 8.46. The lowest BCUT2D eigenvalue weighted by Crippen LogP contribution is -2.25. The van der Waals surface area contributed by atoms with Crippen molar-refractivity contribution < 1.29 is 9.53 Å². The average Bonchev–Trinajstić information content (AvgIpc) is 3.18. The minimum Gasteiger partial charge on any atom is -0.467 e. The second-order valence-electron chi connectivity index (χ2n) is 9.27. The molecule has 0 spiro atoms. The van der Waals surface area contributed by atoms with Gasteiger partial charge in [0.15, 0.2) is 0 Å². The van der Waals surface area contributed by atoms with Crippen molar-refractivity contribution in [1.29, 1.82) is 0 Å². The van der Waals surface area contributed by atoms with Crippen LogP contribution in [0.3, 0.4) is 0 Å². The molecule has 1 atom stereocenters. The van der Waals surface area contributed by atoms with Crippen LogP contribution in [0.2, 0.25) is 0 Å². The second kappa shape index (κ2) is 9.49. The lowest BCUT2D eigenvalue weighted by molar-refractivity contribution is -0.143. The zero-order valence-corrected chi connectivity index (χ0v) is 20.4. The van der Waals surface area contributed by atoms with Gasteiger partial charge in [0.2, 0.25) is 0 Å². The maximum Gasteiger partial charge on any atom is 0.328 e. The van der Waals surface area contributed by atoms with Crippen LogP contribution in [0, 0.1) is 6.92 Å². The van der Waals surface area contributed by atoms with Crippen molar-refractivity contribution in [3.63, 3.8) is 0 Å². The van der Waals surface area contributed by atoms with Crippen molar-refractivity contribution >= 4 is 34.0 Å². The van der Waals surface area contributed by atoms with Gasteiger partial charge in [-0.15, -0.1) is 0 Å². The van der Waals surface area contributed by atoms with E-state index in [1.165, 1.54) is 18.2 Å². The van der Waals surface area contributed by atoms with E-state index in [1.807, 2.05) is 60.9 Å². The highest BCUT2D eigenvalue weighted by molar-refractivity contribution is 6.01. The fourth-order valence-electron chi connectivity index (χ4n) is 5.35. The van der Waals surface area contributed by atoms with E-state index < -0.39 is 6.04 Å². The van der Waals surface area contributed by atoms with Crippen LogP contribution < -0.4 is 5.56 Å². The van der Waals surface area contributed by atoms with Gasteiger partial charge in [0.1, 0.15) is 11.9 Å². The Kier molecular flexibility index (Phi) is 6.24. The normalized spacial score (nSPS) is 15.7. The first-order valence-corrected chi connectivity index (χ1v) is 12.2. The number of carbonyl (C=O) groups excluding carboxylic acids is 1. The van der Waals surface area contributed by atoms with Crippen molar-refractivity contribution in [2.75, 3.05) is 7.11 Å². The number of aromatic nitrogens is 3. The highest BCUT2D eigenvalue weighted by Crippen LogP contribution is 2.32. The van der Waals surface area contributed by atoms with Gasteiger partial charge in [-0.05, 0) is 44.9 Å². The third-order valence-corrected chi connectivity index (χ3v) is 7.19. The molecule has 1 saturated carbocycles. The summed E-state index contributed by atoms with van der Waals surface area (Å²) in [5.41, 5.74) is 3.22. The molecule has 0 amide bonds. The first-order chi connectivity index (χ1) is 17.0. The number of benzene rings is 2. The van der Waals surface area contributed by atoms with Crippen LogP contribution in [-0.4, -0.2) is 33.5 Å². The molecule has 5 rings (SSSR count). The smallest absolute Gasteiger partial charge is 0.328 e. The number of esters is 1. The molecule has 7 nitrogen and oxygen atoms in total. The van der Waals surface area contributed by atoms with Gasteiger partial charge in [0.25, 0.3) is 5.56 Å². The summed E-state index contributed by atoms with van der Waals surface area (Å²) in [7, 11) is 1.40. The summed E-state index contributed by atoms with van der Waals surface area (Å²) in [5, 5.41) is 6.26. The van der Waals surface area contributed by atoms with Crippen LogP contribution in [0.25, 0.3) is 21.8 Å². The molecule has 0 saturated heterocycles. The zero-order chi connectivity index (χ0) is 24.5. The number of rotatable bonds is 5. The summed E-state index contributed by atoms with van der Waals surface area (Å²) in [6.07, 6.45) is 7.24. The number of carbonyl (C=O) groups is 1. The van der Waals surface area contributed by atoms with E-state index in [4.69, 9.17) is 14.8 Å². The van der Waals surface area contributed by atoms with Gasteiger partial charge in [-0.3, -0.25) is 4.79 Å². The molecule has 0 bridgehead atoms. The monoisotopic (exact) mass is 470 g/mol. The van der Waals surface area contributed by atoms with Crippen LogP contribution in [0.5, 0.6) is 0 Å². The Labute approximate surface area is 204 Å². The predicted molar refractivity (Wildman–Crippen MR) is 138 cm³/mol. The molecule has 2 heterocycles. The molecule has 7 heteroatoms. The van der Waals surface area contributed by atoms with Gasteiger partial charge < -0.3 is 9.30 Å². The Bertz CT molecular complexity index is 1490. The molecule has 0 unspecified atom stereocenters. The second-order valence-corrected chi connectivity index (χ2v) is 9.27. The van der Waals surface area contributed by atoms with Gasteiger partial charge in [-0.25, -0.2) is 9.78 Å². The largest absolute Gasteiger partial charge is 0.467 e. The third kappa shape index (κ3) is 4.05. The van der Waals surface area contributed by atoms with E-state index >= 15 is 0 Å². The summed E-state index contributed by atoms with van der Waals surface area (Å²) in [4.78, 5) is 30.8. The van der Waals surface area contributed by atoms with Gasteiger partial charge in [-0.1, -0.05) is 49.6 Å². The van der Waals surface area contributed by atoms with E-state index in [1.54, 1.807) is 12.3 Å². The van der Waals surface area contributed by atoms with Crippen LogP contribution in [0.15, 0.2) is 58.4 Å². The Morgan fingerprint density at radius 1 is 1.09 bits per heavy atom. The zero-order valence-electron chi connectivity index (χ0n) is 20.4. The number of para-hydroxylation sites is 2. The highest BCUT2D eigenvalue weighted by Gasteiger charge is 2.24. The Balaban J connectivity index is 1.68. The number of ether oxygens (including phenoxy) is 1. The Morgan fingerprint density at radius 2 is 1.77 bits per heavy atom. The number of nitrogens with zero attached hydrogens (tertiary/aromatic N) is 4. The number of fused-ring (bicyclic) bond motifs is 2. The summed E-state index contributed by atoms with van der Waals surface area (Å²) in [5.74, 6) is 0.626. The van der Waals surface area contributed by atoms with E-state index in [9.17, 15) is 9.59 Å². The van der Waals surface area contributed by atoms with Crippen molar-refractivity contribution in [1.82, 2.24) is 14.2 Å². The maximum absolute atomic E-state index is 13.5. The van der Waals surface area contributed by atoms with Gasteiger partial charge >= 0.3 is 5.97 Å². The molecule has 0 aliphatic heterocycles. The molecule has 180 valence electrons. The summed E-state index contributed by atoms with van der Waals surface area (Å²) in [6, 6.07) is 14.9. The molecule has 2 aromatic carbocycles. The number of hydrogen-bond acceptors (Lipinski definition) is 5. The van der Waals surface area contributed by atoms with Gasteiger partial charge in [0, 0.05) is 28.1 Å². The SMILES string of the molecule is COC(=O)[C@H](C)n1c(C)c(C=Nn2c(C3CCCCC3)nc3ccccc3c2=O)c2ccccc21. The minimum atomic E-state index is -0.491. The quantitative estimate of drug-likeness (QED) is 0.292. The molecule has 2 aromatic heterocycles. The molecule has 1 fully saturated rings. The molecule has 0 radical (unpaired) electrons. The molecular weight excluding hydrogens is 440 g/mol. The van der Waals surface area contributed by atoms with Crippen LogP contribution in [-0.2, 0) is 9.53 Å². The van der Waals surface area contributed by atoms with Gasteiger partial charge in [0.05, 0.1) is 24.2 Å². The number of hydrogen-bond donors (Lipinski definition) is 0. The molecule has 35 heavy (non-hydrogen) atoms. The van der Waals surface area contributed by atoms with Crippen LogP contribution in [0.1, 0.15) is 68.1 Å². The summed E-state index contributed by atoms with van der Waals surface area (Å²) in [6.45, 7) is 3.79. The fraction of sp³-hybridized carbons (Fsp3) is 0.357. The lowest BCUT2D eigenvalue weighted by Gasteiger charge is -2.22. The average molecular weight is 471 g/mol. The molecule has 1 aliphatic rings. The third-order valence-electron chi connectivity index (χ3n) is 7.19. The fourth-order valence-corrected chi connectivity index (χ4v) is 5.35. The summed E-state index contributed by atoms with van der Waals surface area (Å²) >= 11 is 0. The Morgan fingerprint density at radius 3 is 2.51 bits per heavy atom. The minimum absolute atomic E-state index is 0.156. The van der Waals surface area contributed by atoms with E-state index in [-0.39, 0.29) is 17.4 Å². The van der Waals surface area contributed by atoms with Crippen molar-refractivity contribution in [2.45, 2.75) is 57.9 Å². The molecular formula is C28H30N4O3. The van der Waals surface area contributed by atoms with Crippen molar-refractivity contribution in [3.05, 3.63) is 76.0 Å². The van der Waals surface area contributed by atoms with E-state index in [2.05, 4.69) is 0 Å². The van der Waals surface area contributed by atoms with Crippen LogP contribution >= 0.6 is 0 Å². The Hall–Kier alpha value is -3.74. The van der Waals surface area contributed by atoms with Crippen molar-refractivity contribution in [2.24, 2.45) is 5.10 Å². The lowest BCUT2D eigenvalue weighted by atomic mass is 9.88. The number of methoxy groups -OCH3 is 1. The van der Waals surface area contributed by atoms with Crippen LogP contribution in [0.4, 0.5) is 0 Å². The first-order valence-electron chi connectivity index (χ1n) is 12.2. The topological polar surface area (TPSA) is 78.5 Å². The molecule has 0 N–H and O–H groups in total. The first kappa shape index (κ1) is 23.0. The van der Waals surface area contributed by atoms with Gasteiger partial charge in [-0.2, -0.15) is 9.78 Å². The highest BCUT2D eigenvalue weighted by atomic mass is 16.5. The van der Waals surface area contributed by atoms with E-state index in [0.29, 0.717) is 10.9 Å². The standard InChI is InChI=1S/C28H30N4O3/c1-18-23(21-13-8-10-16-25(21)31(18)19(2)28(34)35-3)17-29-32-26(20-11-5-4-6-12-20)30-24-15-9-7-14-22(24)27(32)33/h7-10,13-17,19-20H,4-6,11-12H2,1-3H3/t19-/m0/s1. The molecule has 4 aromatic rings. The van der Waals surface area contributed by atoms with Crippen molar-refractivity contribution in [3.8, 4) is 0 Å². The maximum atomic E-state index is 13.5. The van der Waals surface area contributed by atoms with E-state index in [0.717, 1.165) is 53.7 Å². The molecule has 1 aliphatic carbocycles.